The van der Waals surface area contributed by atoms with Crippen LogP contribution in [-0.4, -0.2) is 34.4 Å². The van der Waals surface area contributed by atoms with Crippen molar-refractivity contribution in [3.63, 3.8) is 0 Å². The van der Waals surface area contributed by atoms with Crippen LogP contribution in [-0.2, 0) is 9.63 Å². The number of thioether (sulfide) groups is 2. The minimum absolute atomic E-state index is 0.137. The van der Waals surface area contributed by atoms with Crippen molar-refractivity contribution in [2.45, 2.75) is 5.25 Å². The summed E-state index contributed by atoms with van der Waals surface area (Å²) in [6.45, 7) is 0. The Morgan fingerprint density at radius 2 is 2.23 bits per heavy atom. The molecule has 1 unspecified atom stereocenters. The molecule has 0 aromatic heterocycles. The minimum atomic E-state index is -0.370. The lowest BCUT2D eigenvalue weighted by Gasteiger charge is -2.17. The van der Waals surface area contributed by atoms with Crippen LogP contribution >= 0.6 is 23.5 Å². The summed E-state index contributed by atoms with van der Waals surface area (Å²) < 4.78 is 0. The van der Waals surface area contributed by atoms with Gasteiger partial charge in [-0.15, -0.1) is 11.8 Å². The number of carbonyl (C=O) groups excluding carboxylic acids is 1. The van der Waals surface area contributed by atoms with Crippen LogP contribution < -0.4 is 11.5 Å². The summed E-state index contributed by atoms with van der Waals surface area (Å²) in [7, 11) is 0. The molecule has 0 radical (unpaired) electrons. The van der Waals surface area contributed by atoms with E-state index in [1.54, 1.807) is 23.5 Å². The first kappa shape index (κ1) is 10.5. The van der Waals surface area contributed by atoms with Gasteiger partial charge in [0.15, 0.2) is 0 Å². The predicted octanol–water partition coefficient (Wildman–Crippen LogP) is -0.433. The van der Waals surface area contributed by atoms with Crippen LogP contribution in [0.4, 0.5) is 0 Å². The first-order chi connectivity index (χ1) is 6.20. The zero-order valence-corrected chi connectivity index (χ0v) is 8.57. The molecular weight excluding hydrogens is 210 g/mol. The maximum Gasteiger partial charge on any atom is 0.348 e. The summed E-state index contributed by atoms with van der Waals surface area (Å²) in [5.74, 6) is 2.21. The van der Waals surface area contributed by atoms with Gasteiger partial charge in [-0.05, 0) is 5.16 Å². The predicted molar refractivity (Wildman–Crippen MR) is 55.5 cm³/mol. The van der Waals surface area contributed by atoms with E-state index in [-0.39, 0.29) is 17.2 Å². The summed E-state index contributed by atoms with van der Waals surface area (Å²) in [4.78, 5) is 15.7. The molecule has 74 valence electrons. The van der Waals surface area contributed by atoms with E-state index in [1.807, 2.05) is 0 Å². The van der Waals surface area contributed by atoms with Gasteiger partial charge in [-0.25, -0.2) is 4.79 Å². The molecule has 7 heteroatoms. The second-order valence-electron chi connectivity index (χ2n) is 2.36. The molecular formula is C6H11N3O2S2. The van der Waals surface area contributed by atoms with Gasteiger partial charge in [-0.3, -0.25) is 0 Å². The lowest BCUT2D eigenvalue weighted by molar-refractivity contribution is -0.142. The Balaban J connectivity index is 2.33. The maximum absolute atomic E-state index is 11.2. The quantitative estimate of drug-likeness (QED) is 0.284. The topological polar surface area (TPSA) is 90.7 Å². The van der Waals surface area contributed by atoms with E-state index in [0.717, 1.165) is 17.3 Å². The SMILES string of the molecule is NC(N)=NOC(=O)C1CSCCS1. The highest BCUT2D eigenvalue weighted by molar-refractivity contribution is 8.07. The van der Waals surface area contributed by atoms with Crippen LogP contribution in [0.2, 0.25) is 0 Å². The molecule has 0 saturated carbocycles. The highest BCUT2D eigenvalue weighted by atomic mass is 32.2. The van der Waals surface area contributed by atoms with Crippen LogP contribution in [0, 0.1) is 0 Å². The van der Waals surface area contributed by atoms with Crippen molar-refractivity contribution >= 4 is 35.5 Å². The van der Waals surface area contributed by atoms with Gasteiger partial charge < -0.3 is 16.3 Å². The zero-order valence-electron chi connectivity index (χ0n) is 6.93. The third-order valence-corrected chi connectivity index (χ3v) is 4.05. The third kappa shape index (κ3) is 3.77. The molecule has 1 atom stereocenters. The molecule has 1 heterocycles. The molecule has 0 aromatic rings. The molecule has 5 nitrogen and oxygen atoms in total. The van der Waals surface area contributed by atoms with Crippen LogP contribution in [0.1, 0.15) is 0 Å². The van der Waals surface area contributed by atoms with E-state index in [2.05, 4.69) is 9.99 Å². The molecule has 0 aliphatic carbocycles. The van der Waals surface area contributed by atoms with Gasteiger partial charge in [-0.2, -0.15) is 11.8 Å². The largest absolute Gasteiger partial charge is 0.367 e. The molecule has 1 fully saturated rings. The van der Waals surface area contributed by atoms with Crippen molar-refractivity contribution in [1.29, 1.82) is 0 Å². The number of nitrogens with zero attached hydrogens (tertiary/aromatic N) is 1. The standard InChI is InChI=1S/C6H11N3O2S2/c7-6(8)9-11-5(10)4-3-12-1-2-13-4/h4H,1-3H2,(H4,7,8,9). The number of nitrogens with two attached hydrogens (primary N) is 2. The Bertz CT molecular complexity index is 212. The highest BCUT2D eigenvalue weighted by Gasteiger charge is 2.23. The van der Waals surface area contributed by atoms with Gasteiger partial charge in [0.05, 0.1) is 0 Å². The van der Waals surface area contributed by atoms with Crippen molar-refractivity contribution in [2.75, 3.05) is 17.3 Å². The summed E-state index contributed by atoms with van der Waals surface area (Å²) >= 11 is 3.31. The molecule has 0 aromatic carbocycles. The van der Waals surface area contributed by atoms with Gasteiger partial charge in [-0.1, -0.05) is 0 Å². The Labute approximate surface area is 84.6 Å². The van der Waals surface area contributed by atoms with E-state index in [4.69, 9.17) is 11.5 Å². The number of carbonyl (C=O) groups is 1. The van der Waals surface area contributed by atoms with Gasteiger partial charge in [0, 0.05) is 17.3 Å². The zero-order chi connectivity index (χ0) is 9.68. The summed E-state index contributed by atoms with van der Waals surface area (Å²) in [6, 6.07) is 0. The van der Waals surface area contributed by atoms with Crippen LogP contribution in [0.3, 0.4) is 0 Å². The fourth-order valence-corrected chi connectivity index (χ4v) is 3.29. The lowest BCUT2D eigenvalue weighted by atomic mass is 10.5. The molecule has 0 spiro atoms. The lowest BCUT2D eigenvalue weighted by Crippen LogP contribution is -2.28. The molecule has 1 saturated heterocycles. The van der Waals surface area contributed by atoms with Crippen molar-refractivity contribution in [3.8, 4) is 0 Å². The Kier molecular flexibility index (Phi) is 4.23. The molecule has 0 bridgehead atoms. The molecule has 0 amide bonds. The normalized spacial score (nSPS) is 22.0. The smallest absolute Gasteiger partial charge is 0.348 e. The first-order valence-corrected chi connectivity index (χ1v) is 5.89. The molecule has 1 aliphatic rings. The van der Waals surface area contributed by atoms with E-state index in [1.165, 1.54) is 0 Å². The van der Waals surface area contributed by atoms with E-state index < -0.39 is 0 Å². The average molecular weight is 221 g/mol. The van der Waals surface area contributed by atoms with Crippen molar-refractivity contribution < 1.29 is 9.63 Å². The molecule has 1 aliphatic heterocycles. The Hall–Kier alpha value is -0.560. The monoisotopic (exact) mass is 221 g/mol. The molecule has 1 rings (SSSR count). The fraction of sp³-hybridized carbons (Fsp3) is 0.667. The number of guanidine groups is 1. The van der Waals surface area contributed by atoms with E-state index in [9.17, 15) is 4.79 Å². The van der Waals surface area contributed by atoms with Gasteiger partial charge >= 0.3 is 5.97 Å². The number of rotatable bonds is 2. The average Bonchev–Trinajstić information content (AvgIpc) is 2.15. The molecule has 13 heavy (non-hydrogen) atoms. The minimum Gasteiger partial charge on any atom is -0.367 e. The summed E-state index contributed by atoms with van der Waals surface area (Å²) in [5.41, 5.74) is 10.0. The van der Waals surface area contributed by atoms with Crippen LogP contribution in [0.5, 0.6) is 0 Å². The number of hydrogen-bond acceptors (Lipinski definition) is 5. The number of hydrogen-bond donors (Lipinski definition) is 2. The fourth-order valence-electron chi connectivity index (χ4n) is 0.780. The van der Waals surface area contributed by atoms with E-state index in [0.29, 0.717) is 0 Å². The van der Waals surface area contributed by atoms with Crippen LogP contribution in [0.25, 0.3) is 0 Å². The van der Waals surface area contributed by atoms with Crippen molar-refractivity contribution in [2.24, 2.45) is 16.6 Å². The number of oxime groups is 1. The molecule has 4 N–H and O–H groups in total. The Morgan fingerprint density at radius 3 is 2.77 bits per heavy atom. The third-order valence-electron chi connectivity index (χ3n) is 1.32. The maximum atomic E-state index is 11.2. The van der Waals surface area contributed by atoms with Gasteiger partial charge in [0.2, 0.25) is 5.96 Å². The van der Waals surface area contributed by atoms with Crippen molar-refractivity contribution in [3.05, 3.63) is 0 Å². The highest BCUT2D eigenvalue weighted by Crippen LogP contribution is 2.24. The summed E-state index contributed by atoms with van der Waals surface area (Å²) in [5, 5.41) is 3.06. The van der Waals surface area contributed by atoms with E-state index >= 15 is 0 Å². The second kappa shape index (κ2) is 5.23. The van der Waals surface area contributed by atoms with Gasteiger partial charge in [0.1, 0.15) is 5.25 Å². The second-order valence-corrected chi connectivity index (χ2v) is 4.82. The van der Waals surface area contributed by atoms with Gasteiger partial charge in [0.25, 0.3) is 0 Å². The van der Waals surface area contributed by atoms with Crippen molar-refractivity contribution in [1.82, 2.24) is 0 Å². The first-order valence-electron chi connectivity index (χ1n) is 3.69. The Morgan fingerprint density at radius 1 is 1.46 bits per heavy atom. The summed E-state index contributed by atoms with van der Waals surface area (Å²) in [6.07, 6.45) is 0. The van der Waals surface area contributed by atoms with Crippen LogP contribution in [0.15, 0.2) is 5.16 Å².